The summed E-state index contributed by atoms with van der Waals surface area (Å²) in [5.41, 5.74) is 0. The third-order valence-corrected chi connectivity index (χ3v) is 7.85. The van der Waals surface area contributed by atoms with Crippen molar-refractivity contribution < 1.29 is 19.1 Å². The number of likely N-dealkylation sites (N-methyl/N-ethyl adjacent to an activating group) is 1. The smallest absolute Gasteiger partial charge is 0.309 e. The molecule has 2 aromatic heterocycles. The molecule has 0 spiro atoms. The van der Waals surface area contributed by atoms with Crippen LogP contribution in [-0.4, -0.2) is 60.9 Å². The van der Waals surface area contributed by atoms with Crippen LogP contribution in [0.25, 0.3) is 19.5 Å². The van der Waals surface area contributed by atoms with Crippen molar-refractivity contribution in [2.45, 2.75) is 19.8 Å². The standard InChI is InChI=1S/C22H24N2O4S2/c1-3-28-22(27)14-8-10-24(11-9-14)19(25)13-23(2)21(26)18-12-17-20(30-18)15-6-4-5-7-16(15)29-17/h4-7,12,14H,3,8-11,13H2,1-2H3. The molecule has 1 aliphatic rings. The van der Waals surface area contributed by atoms with Gasteiger partial charge in [-0.2, -0.15) is 0 Å². The molecular weight excluding hydrogens is 420 g/mol. The number of fused-ring (bicyclic) bond motifs is 3. The van der Waals surface area contributed by atoms with Crippen molar-refractivity contribution in [1.82, 2.24) is 9.80 Å². The van der Waals surface area contributed by atoms with Gasteiger partial charge in [0.1, 0.15) is 0 Å². The topological polar surface area (TPSA) is 66.9 Å². The largest absolute Gasteiger partial charge is 0.466 e. The van der Waals surface area contributed by atoms with Crippen LogP contribution in [0.1, 0.15) is 29.4 Å². The zero-order valence-corrected chi connectivity index (χ0v) is 18.7. The van der Waals surface area contributed by atoms with Gasteiger partial charge in [0.15, 0.2) is 0 Å². The second-order valence-corrected chi connectivity index (χ2v) is 9.61. The number of piperidine rings is 1. The van der Waals surface area contributed by atoms with E-state index in [0.717, 1.165) is 9.40 Å². The van der Waals surface area contributed by atoms with Gasteiger partial charge in [0.2, 0.25) is 5.91 Å². The fourth-order valence-corrected chi connectivity index (χ4v) is 6.31. The van der Waals surface area contributed by atoms with Crippen LogP contribution in [0.15, 0.2) is 30.3 Å². The minimum atomic E-state index is -0.179. The quantitative estimate of drug-likeness (QED) is 0.558. The van der Waals surface area contributed by atoms with E-state index in [1.165, 1.54) is 26.3 Å². The summed E-state index contributed by atoms with van der Waals surface area (Å²) < 4.78 is 8.52. The number of hydrogen-bond donors (Lipinski definition) is 0. The molecule has 1 aliphatic heterocycles. The minimum absolute atomic E-state index is 0.0369. The first-order valence-corrected chi connectivity index (χ1v) is 11.7. The number of rotatable bonds is 5. The predicted molar refractivity (Wildman–Crippen MR) is 120 cm³/mol. The highest BCUT2D eigenvalue weighted by Gasteiger charge is 2.29. The second kappa shape index (κ2) is 8.73. The first kappa shape index (κ1) is 20.8. The highest BCUT2D eigenvalue weighted by Crippen LogP contribution is 2.39. The number of esters is 1. The lowest BCUT2D eigenvalue weighted by molar-refractivity contribution is -0.151. The molecule has 0 saturated carbocycles. The first-order valence-electron chi connectivity index (χ1n) is 10.1. The Hall–Kier alpha value is -2.45. The predicted octanol–water partition coefficient (Wildman–Crippen LogP) is 3.99. The van der Waals surface area contributed by atoms with Crippen molar-refractivity contribution >= 4 is 59.9 Å². The summed E-state index contributed by atoms with van der Waals surface area (Å²) in [5, 5.41) is 1.17. The third-order valence-electron chi connectivity index (χ3n) is 5.45. The number of carbonyl (C=O) groups excluding carboxylic acids is 3. The number of thiophene rings is 2. The Morgan fingerprint density at radius 3 is 2.60 bits per heavy atom. The van der Waals surface area contributed by atoms with Crippen LogP contribution in [0.4, 0.5) is 0 Å². The van der Waals surface area contributed by atoms with Crippen molar-refractivity contribution in [3.05, 3.63) is 35.2 Å². The van der Waals surface area contributed by atoms with Crippen LogP contribution in [0.3, 0.4) is 0 Å². The number of amides is 2. The Morgan fingerprint density at radius 1 is 1.13 bits per heavy atom. The van der Waals surface area contributed by atoms with Crippen LogP contribution in [0.2, 0.25) is 0 Å². The number of benzene rings is 1. The third kappa shape index (κ3) is 4.06. The molecule has 2 amide bonds. The van der Waals surface area contributed by atoms with Gasteiger partial charge in [-0.25, -0.2) is 0 Å². The van der Waals surface area contributed by atoms with E-state index < -0.39 is 0 Å². The van der Waals surface area contributed by atoms with Crippen molar-refractivity contribution in [2.75, 3.05) is 33.3 Å². The van der Waals surface area contributed by atoms with E-state index in [4.69, 9.17) is 4.74 Å². The molecule has 1 saturated heterocycles. The summed E-state index contributed by atoms with van der Waals surface area (Å²) in [7, 11) is 1.66. The van der Waals surface area contributed by atoms with Gasteiger partial charge in [-0.15, -0.1) is 22.7 Å². The van der Waals surface area contributed by atoms with Crippen molar-refractivity contribution in [3.8, 4) is 0 Å². The maximum absolute atomic E-state index is 12.9. The Kier molecular flexibility index (Phi) is 6.06. The van der Waals surface area contributed by atoms with Crippen LogP contribution >= 0.6 is 22.7 Å². The number of ether oxygens (including phenoxy) is 1. The first-order chi connectivity index (χ1) is 14.5. The fourth-order valence-electron chi connectivity index (χ4n) is 3.79. The lowest BCUT2D eigenvalue weighted by Gasteiger charge is -2.32. The number of nitrogens with zero attached hydrogens (tertiary/aromatic N) is 2. The molecule has 4 rings (SSSR count). The van der Waals surface area contributed by atoms with Crippen molar-refractivity contribution in [1.29, 1.82) is 0 Å². The van der Waals surface area contributed by atoms with Gasteiger partial charge in [-0.3, -0.25) is 14.4 Å². The maximum atomic E-state index is 12.9. The second-order valence-electron chi connectivity index (χ2n) is 7.47. The Morgan fingerprint density at radius 2 is 1.87 bits per heavy atom. The molecule has 3 heterocycles. The molecule has 0 bridgehead atoms. The average Bonchev–Trinajstić information content (AvgIpc) is 3.31. The van der Waals surface area contributed by atoms with Crippen LogP contribution in [0.5, 0.6) is 0 Å². The Labute approximate surface area is 183 Å². The van der Waals surface area contributed by atoms with E-state index >= 15 is 0 Å². The zero-order valence-electron chi connectivity index (χ0n) is 17.1. The van der Waals surface area contributed by atoms with Gasteiger partial charge in [0.05, 0.1) is 28.6 Å². The summed E-state index contributed by atoms with van der Waals surface area (Å²) in [6.45, 7) is 3.25. The van der Waals surface area contributed by atoms with Gasteiger partial charge >= 0.3 is 5.97 Å². The Bertz CT molecular complexity index is 1100. The molecule has 0 unspecified atom stereocenters. The van der Waals surface area contributed by atoms with E-state index in [9.17, 15) is 14.4 Å². The molecule has 30 heavy (non-hydrogen) atoms. The summed E-state index contributed by atoms with van der Waals surface area (Å²) >= 11 is 3.16. The highest BCUT2D eigenvalue weighted by molar-refractivity contribution is 7.33. The highest BCUT2D eigenvalue weighted by atomic mass is 32.1. The average molecular weight is 445 g/mol. The maximum Gasteiger partial charge on any atom is 0.309 e. The van der Waals surface area contributed by atoms with E-state index in [-0.39, 0.29) is 30.2 Å². The monoisotopic (exact) mass is 444 g/mol. The van der Waals surface area contributed by atoms with Crippen LogP contribution < -0.4 is 0 Å². The van der Waals surface area contributed by atoms with Crippen molar-refractivity contribution in [2.24, 2.45) is 5.92 Å². The molecule has 158 valence electrons. The fraction of sp³-hybridized carbons (Fsp3) is 0.409. The van der Waals surface area contributed by atoms with E-state index in [1.54, 1.807) is 30.2 Å². The molecule has 3 aromatic rings. The SMILES string of the molecule is CCOC(=O)C1CCN(C(=O)CN(C)C(=O)c2cc3sc4ccccc4c3s2)CC1. The zero-order chi connectivity index (χ0) is 21.3. The molecule has 0 N–H and O–H groups in total. The molecule has 0 aliphatic carbocycles. The van der Waals surface area contributed by atoms with E-state index in [2.05, 4.69) is 12.1 Å². The van der Waals surface area contributed by atoms with Gasteiger partial charge in [0, 0.05) is 34.9 Å². The van der Waals surface area contributed by atoms with Crippen LogP contribution in [0, 0.1) is 5.92 Å². The van der Waals surface area contributed by atoms with Gasteiger partial charge in [-0.1, -0.05) is 18.2 Å². The number of carbonyl (C=O) groups is 3. The molecule has 1 fully saturated rings. The number of likely N-dealkylation sites (tertiary alicyclic amines) is 1. The number of hydrogen-bond acceptors (Lipinski definition) is 6. The molecule has 0 atom stereocenters. The van der Waals surface area contributed by atoms with Gasteiger partial charge < -0.3 is 14.5 Å². The van der Waals surface area contributed by atoms with Gasteiger partial charge in [-0.05, 0) is 31.9 Å². The summed E-state index contributed by atoms with van der Waals surface area (Å²) in [5.74, 6) is -0.538. The molecule has 1 aromatic carbocycles. The normalized spacial score (nSPS) is 14.9. The summed E-state index contributed by atoms with van der Waals surface area (Å²) in [6, 6.07) is 10.1. The lowest BCUT2D eigenvalue weighted by atomic mass is 9.97. The minimum Gasteiger partial charge on any atom is -0.466 e. The molecular formula is C22H24N2O4S2. The molecule has 8 heteroatoms. The Balaban J connectivity index is 1.37. The van der Waals surface area contributed by atoms with Crippen LogP contribution in [-0.2, 0) is 14.3 Å². The molecule has 6 nitrogen and oxygen atoms in total. The lowest BCUT2D eigenvalue weighted by Crippen LogP contribution is -2.45. The summed E-state index contributed by atoms with van der Waals surface area (Å²) in [6.07, 6.45) is 1.22. The van der Waals surface area contributed by atoms with E-state index in [0.29, 0.717) is 37.4 Å². The van der Waals surface area contributed by atoms with E-state index in [1.807, 2.05) is 18.2 Å². The van der Waals surface area contributed by atoms with Crippen molar-refractivity contribution in [3.63, 3.8) is 0 Å². The molecule has 0 radical (unpaired) electrons. The van der Waals surface area contributed by atoms with Gasteiger partial charge in [0.25, 0.3) is 5.91 Å². The summed E-state index contributed by atoms with van der Waals surface area (Å²) in [4.78, 5) is 41.3.